The topological polar surface area (TPSA) is 37.8 Å². The summed E-state index contributed by atoms with van der Waals surface area (Å²) in [7, 11) is 1.77. The molecule has 0 amide bonds. The maximum absolute atomic E-state index is 12.4. The fraction of sp³-hybridized carbons (Fsp3) is 0.167. The molecule has 6 heteroatoms. The molecule has 0 aliphatic rings. The summed E-state index contributed by atoms with van der Waals surface area (Å²) in [5, 5.41) is 2.96. The maximum atomic E-state index is 12.4. The van der Waals surface area contributed by atoms with Crippen molar-refractivity contribution in [2.75, 3.05) is 12.4 Å². The van der Waals surface area contributed by atoms with Crippen molar-refractivity contribution in [3.63, 3.8) is 0 Å². The van der Waals surface area contributed by atoms with Gasteiger partial charge in [-0.15, -0.1) is 0 Å². The molecule has 0 spiro atoms. The largest absolute Gasteiger partial charge is 0.372 e. The molecular weight excluding hydrogens is 351 g/mol. The van der Waals surface area contributed by atoms with Gasteiger partial charge < -0.3 is 5.32 Å². The summed E-state index contributed by atoms with van der Waals surface area (Å²) < 4.78 is 25.8. The van der Waals surface area contributed by atoms with Crippen LogP contribution in [0.15, 0.2) is 30.5 Å². The molecule has 2 aromatic rings. The van der Waals surface area contributed by atoms with Gasteiger partial charge in [0.05, 0.1) is 3.57 Å². The van der Waals surface area contributed by atoms with Gasteiger partial charge in [0.2, 0.25) is 0 Å². The quantitative estimate of drug-likeness (QED) is 0.847. The minimum atomic E-state index is -2.45. The van der Waals surface area contributed by atoms with Crippen LogP contribution in [0.5, 0.6) is 0 Å². The Morgan fingerprint density at radius 2 is 1.89 bits per heavy atom. The highest BCUT2D eigenvalue weighted by Gasteiger charge is 2.09. The average Bonchev–Trinajstić information content (AvgIpc) is 2.39. The van der Waals surface area contributed by atoms with E-state index in [1.165, 1.54) is 12.1 Å². The number of halogens is 3. The molecule has 0 fully saturated rings. The number of alkyl halides is 2. The lowest BCUT2D eigenvalue weighted by atomic mass is 10.1. The van der Waals surface area contributed by atoms with Crippen molar-refractivity contribution in [1.29, 1.82) is 0 Å². The Bertz CT molecular complexity index is 544. The lowest BCUT2D eigenvalue weighted by Crippen LogP contribution is -1.99. The molecule has 1 N–H and O–H groups in total. The normalized spacial score (nSPS) is 10.7. The molecule has 0 saturated heterocycles. The van der Waals surface area contributed by atoms with Gasteiger partial charge in [0, 0.05) is 24.4 Å². The molecule has 0 aliphatic heterocycles. The number of aromatic nitrogens is 2. The van der Waals surface area contributed by atoms with Gasteiger partial charge in [-0.25, -0.2) is 18.7 Å². The van der Waals surface area contributed by atoms with E-state index in [-0.39, 0.29) is 5.56 Å². The predicted molar refractivity (Wildman–Crippen MR) is 74.7 cm³/mol. The van der Waals surface area contributed by atoms with Crippen molar-refractivity contribution in [3.8, 4) is 11.4 Å². The van der Waals surface area contributed by atoms with Gasteiger partial charge in [0.15, 0.2) is 5.82 Å². The van der Waals surface area contributed by atoms with E-state index >= 15 is 0 Å². The second kappa shape index (κ2) is 5.55. The Balaban J connectivity index is 2.36. The first kappa shape index (κ1) is 13.1. The number of hydrogen-bond acceptors (Lipinski definition) is 3. The zero-order valence-corrected chi connectivity index (χ0v) is 11.6. The van der Waals surface area contributed by atoms with Crippen molar-refractivity contribution >= 4 is 28.4 Å². The van der Waals surface area contributed by atoms with Crippen molar-refractivity contribution in [2.24, 2.45) is 0 Å². The van der Waals surface area contributed by atoms with Crippen LogP contribution < -0.4 is 5.32 Å². The van der Waals surface area contributed by atoms with E-state index < -0.39 is 6.43 Å². The molecule has 0 radical (unpaired) electrons. The highest BCUT2D eigenvalue weighted by molar-refractivity contribution is 14.1. The van der Waals surface area contributed by atoms with E-state index in [9.17, 15) is 8.78 Å². The summed E-state index contributed by atoms with van der Waals surface area (Å²) in [6, 6.07) is 5.98. The third kappa shape index (κ3) is 2.74. The number of rotatable bonds is 3. The predicted octanol–water partition coefficient (Wildman–Crippen LogP) is 3.73. The molecule has 0 unspecified atom stereocenters. The SMILES string of the molecule is CNc1nc(-c2ccc(C(F)F)cc2)ncc1I. The van der Waals surface area contributed by atoms with Crippen LogP contribution in [-0.4, -0.2) is 17.0 Å². The third-order valence-electron chi connectivity index (χ3n) is 2.40. The maximum Gasteiger partial charge on any atom is 0.263 e. The lowest BCUT2D eigenvalue weighted by Gasteiger charge is -2.06. The Hall–Kier alpha value is -1.31. The standard InChI is InChI=1S/C12H10F2IN3/c1-16-12-9(15)6-17-11(18-12)8-4-2-7(3-5-8)10(13)14/h2-6,10H,1H3,(H,16,17,18). The van der Waals surface area contributed by atoms with Crippen LogP contribution in [0, 0.1) is 3.57 Å². The molecule has 18 heavy (non-hydrogen) atoms. The molecule has 0 atom stereocenters. The molecule has 0 bridgehead atoms. The summed E-state index contributed by atoms with van der Waals surface area (Å²) in [6.07, 6.45) is -0.764. The zero-order valence-electron chi connectivity index (χ0n) is 9.49. The summed E-state index contributed by atoms with van der Waals surface area (Å²) >= 11 is 2.12. The second-order valence-electron chi connectivity index (χ2n) is 3.56. The first-order valence-corrected chi connectivity index (χ1v) is 6.28. The fourth-order valence-electron chi connectivity index (χ4n) is 1.46. The Morgan fingerprint density at radius 3 is 2.44 bits per heavy atom. The summed E-state index contributed by atoms with van der Waals surface area (Å²) in [6.45, 7) is 0. The van der Waals surface area contributed by atoms with Gasteiger partial charge >= 0.3 is 0 Å². The summed E-state index contributed by atoms with van der Waals surface area (Å²) in [4.78, 5) is 8.50. The van der Waals surface area contributed by atoms with Crippen molar-refractivity contribution in [2.45, 2.75) is 6.43 Å². The van der Waals surface area contributed by atoms with E-state index in [2.05, 4.69) is 37.9 Å². The van der Waals surface area contributed by atoms with Crippen molar-refractivity contribution in [3.05, 3.63) is 39.6 Å². The van der Waals surface area contributed by atoms with E-state index in [4.69, 9.17) is 0 Å². The van der Waals surface area contributed by atoms with Gasteiger partial charge in [-0.2, -0.15) is 0 Å². The van der Waals surface area contributed by atoms with Crippen LogP contribution in [0.4, 0.5) is 14.6 Å². The Kier molecular flexibility index (Phi) is 4.05. The highest BCUT2D eigenvalue weighted by Crippen LogP contribution is 2.24. The molecular formula is C12H10F2IN3. The molecule has 2 rings (SSSR count). The number of benzene rings is 1. The zero-order chi connectivity index (χ0) is 13.1. The van der Waals surface area contributed by atoms with Gasteiger partial charge in [-0.3, -0.25) is 0 Å². The van der Waals surface area contributed by atoms with Crippen LogP contribution in [0.3, 0.4) is 0 Å². The van der Waals surface area contributed by atoms with Crippen molar-refractivity contribution in [1.82, 2.24) is 9.97 Å². The Morgan fingerprint density at radius 1 is 1.22 bits per heavy atom. The molecule has 94 valence electrons. The molecule has 1 aromatic carbocycles. The monoisotopic (exact) mass is 361 g/mol. The summed E-state index contributed by atoms with van der Waals surface area (Å²) in [5.74, 6) is 1.24. The van der Waals surface area contributed by atoms with E-state index in [0.717, 1.165) is 9.39 Å². The number of anilines is 1. The first-order chi connectivity index (χ1) is 8.61. The minimum absolute atomic E-state index is 0.00176. The molecule has 1 aromatic heterocycles. The molecule has 3 nitrogen and oxygen atoms in total. The first-order valence-electron chi connectivity index (χ1n) is 5.20. The summed E-state index contributed by atoms with van der Waals surface area (Å²) in [5.41, 5.74) is 0.713. The Labute approximate surface area is 117 Å². The van der Waals surface area contributed by atoms with E-state index in [0.29, 0.717) is 11.4 Å². The van der Waals surface area contributed by atoms with E-state index in [1.807, 2.05) is 0 Å². The second-order valence-corrected chi connectivity index (χ2v) is 4.73. The minimum Gasteiger partial charge on any atom is -0.372 e. The van der Waals surface area contributed by atoms with Crippen LogP contribution >= 0.6 is 22.6 Å². The van der Waals surface area contributed by atoms with Crippen LogP contribution in [-0.2, 0) is 0 Å². The van der Waals surface area contributed by atoms with Gasteiger partial charge in [0.1, 0.15) is 5.82 Å². The number of nitrogens with one attached hydrogen (secondary N) is 1. The van der Waals surface area contributed by atoms with Gasteiger partial charge in [0.25, 0.3) is 6.43 Å². The third-order valence-corrected chi connectivity index (χ3v) is 3.19. The van der Waals surface area contributed by atoms with Crippen LogP contribution in [0.2, 0.25) is 0 Å². The average molecular weight is 361 g/mol. The molecule has 0 saturated carbocycles. The fourth-order valence-corrected chi connectivity index (χ4v) is 1.99. The lowest BCUT2D eigenvalue weighted by molar-refractivity contribution is 0.151. The molecule has 0 aliphatic carbocycles. The highest BCUT2D eigenvalue weighted by atomic mass is 127. The molecule has 1 heterocycles. The number of hydrogen-bond donors (Lipinski definition) is 1. The van der Waals surface area contributed by atoms with Gasteiger partial charge in [-0.1, -0.05) is 24.3 Å². The van der Waals surface area contributed by atoms with Crippen molar-refractivity contribution < 1.29 is 8.78 Å². The van der Waals surface area contributed by atoms with Crippen LogP contribution in [0.25, 0.3) is 11.4 Å². The number of nitrogens with zero attached hydrogens (tertiary/aromatic N) is 2. The van der Waals surface area contributed by atoms with Gasteiger partial charge in [-0.05, 0) is 22.6 Å². The van der Waals surface area contributed by atoms with Crippen LogP contribution in [0.1, 0.15) is 12.0 Å². The van der Waals surface area contributed by atoms with E-state index in [1.54, 1.807) is 25.4 Å². The smallest absolute Gasteiger partial charge is 0.263 e.